The number of hydrogen-bond acceptors (Lipinski definition) is 5. The summed E-state index contributed by atoms with van der Waals surface area (Å²) in [4.78, 5) is 28.6. The zero-order valence-corrected chi connectivity index (χ0v) is 19.4. The quantitative estimate of drug-likeness (QED) is 0.440. The number of halogens is 2. The Morgan fingerprint density at radius 3 is 2.77 bits per heavy atom. The number of ether oxygens (including phenoxy) is 1. The average Bonchev–Trinajstić information content (AvgIpc) is 2.71. The van der Waals surface area contributed by atoms with Crippen molar-refractivity contribution in [3.63, 3.8) is 0 Å². The number of amides is 1. The van der Waals surface area contributed by atoms with Crippen molar-refractivity contribution >= 4 is 54.9 Å². The van der Waals surface area contributed by atoms with Crippen LogP contribution in [0.25, 0.3) is 10.9 Å². The van der Waals surface area contributed by atoms with Gasteiger partial charge in [0.25, 0.3) is 11.5 Å². The lowest BCUT2D eigenvalue weighted by molar-refractivity contribution is -0.119. The van der Waals surface area contributed by atoms with Gasteiger partial charge in [-0.1, -0.05) is 29.3 Å². The molecule has 0 spiro atoms. The SMILES string of the molecule is CCCCc1nc2ccc(Br)cc2c(=O)n1N=Cc1ccc(OCC(N)=O)c(Br)c1. The molecule has 0 aliphatic carbocycles. The first-order chi connectivity index (χ1) is 14.4. The molecule has 2 aromatic carbocycles. The molecule has 3 aromatic rings. The maximum absolute atomic E-state index is 13.1. The third kappa shape index (κ3) is 5.34. The molecule has 0 atom stereocenters. The first kappa shape index (κ1) is 22.2. The summed E-state index contributed by atoms with van der Waals surface area (Å²) in [6.07, 6.45) is 4.13. The second kappa shape index (κ2) is 9.99. The molecule has 0 aliphatic heterocycles. The average molecular weight is 536 g/mol. The summed E-state index contributed by atoms with van der Waals surface area (Å²) < 4.78 is 8.13. The minimum absolute atomic E-state index is 0.208. The van der Waals surface area contributed by atoms with Gasteiger partial charge >= 0.3 is 0 Å². The van der Waals surface area contributed by atoms with Crippen molar-refractivity contribution in [1.29, 1.82) is 0 Å². The lowest BCUT2D eigenvalue weighted by Gasteiger charge is -2.09. The maximum atomic E-state index is 13.1. The molecular formula is C21H20Br2N4O3. The Hall–Kier alpha value is -2.52. The number of rotatable bonds is 8. The molecule has 0 radical (unpaired) electrons. The fourth-order valence-corrected chi connectivity index (χ4v) is 3.67. The number of aromatic nitrogens is 2. The van der Waals surface area contributed by atoms with Crippen LogP contribution in [0.2, 0.25) is 0 Å². The lowest BCUT2D eigenvalue weighted by atomic mass is 10.2. The molecule has 7 nitrogen and oxygen atoms in total. The van der Waals surface area contributed by atoms with E-state index in [1.165, 1.54) is 4.68 Å². The smallest absolute Gasteiger partial charge is 0.282 e. The molecule has 2 N–H and O–H groups in total. The number of aryl methyl sites for hydroxylation is 1. The molecule has 0 fully saturated rings. The van der Waals surface area contributed by atoms with Gasteiger partial charge in [0.2, 0.25) is 0 Å². The van der Waals surface area contributed by atoms with Crippen LogP contribution in [0.1, 0.15) is 31.2 Å². The number of hydrogen-bond donors (Lipinski definition) is 1. The van der Waals surface area contributed by atoms with Crippen molar-refractivity contribution in [2.75, 3.05) is 6.61 Å². The highest BCUT2D eigenvalue weighted by molar-refractivity contribution is 9.10. The second-order valence-electron chi connectivity index (χ2n) is 6.60. The number of nitrogens with two attached hydrogens (primary N) is 1. The van der Waals surface area contributed by atoms with E-state index in [2.05, 4.69) is 48.9 Å². The van der Waals surface area contributed by atoms with Gasteiger partial charge in [0.1, 0.15) is 11.6 Å². The van der Waals surface area contributed by atoms with E-state index >= 15 is 0 Å². The molecule has 1 aromatic heterocycles. The predicted octanol–water partition coefficient (Wildman–Crippen LogP) is 4.01. The van der Waals surface area contributed by atoms with Gasteiger partial charge in [-0.3, -0.25) is 9.59 Å². The van der Waals surface area contributed by atoms with Crippen molar-refractivity contribution in [2.45, 2.75) is 26.2 Å². The molecule has 30 heavy (non-hydrogen) atoms. The second-order valence-corrected chi connectivity index (χ2v) is 8.37. The first-order valence-electron chi connectivity index (χ1n) is 9.35. The minimum Gasteiger partial charge on any atom is -0.483 e. The van der Waals surface area contributed by atoms with Gasteiger partial charge < -0.3 is 10.5 Å². The molecule has 0 bridgehead atoms. The Morgan fingerprint density at radius 1 is 1.27 bits per heavy atom. The van der Waals surface area contributed by atoms with E-state index in [1.54, 1.807) is 30.5 Å². The summed E-state index contributed by atoms with van der Waals surface area (Å²) >= 11 is 6.81. The molecule has 1 amide bonds. The normalized spacial score (nSPS) is 11.3. The zero-order valence-electron chi connectivity index (χ0n) is 16.3. The Bertz CT molecular complexity index is 1170. The highest BCUT2D eigenvalue weighted by atomic mass is 79.9. The van der Waals surface area contributed by atoms with E-state index in [-0.39, 0.29) is 12.2 Å². The predicted molar refractivity (Wildman–Crippen MR) is 124 cm³/mol. The Labute approximate surface area is 190 Å². The number of unbranched alkanes of at least 4 members (excludes halogenated alkanes) is 1. The third-order valence-corrected chi connectivity index (χ3v) is 5.39. The summed E-state index contributed by atoms with van der Waals surface area (Å²) in [5.74, 6) is 0.555. The topological polar surface area (TPSA) is 99.6 Å². The monoisotopic (exact) mass is 534 g/mol. The van der Waals surface area contributed by atoms with E-state index < -0.39 is 5.91 Å². The fourth-order valence-electron chi connectivity index (χ4n) is 2.80. The highest BCUT2D eigenvalue weighted by Gasteiger charge is 2.11. The van der Waals surface area contributed by atoms with Crippen LogP contribution in [0.4, 0.5) is 0 Å². The number of carbonyl (C=O) groups excluding carboxylic acids is 1. The van der Waals surface area contributed by atoms with E-state index in [0.717, 1.165) is 22.9 Å². The van der Waals surface area contributed by atoms with Crippen LogP contribution in [0.5, 0.6) is 5.75 Å². The molecule has 0 unspecified atom stereocenters. The summed E-state index contributed by atoms with van der Waals surface area (Å²) in [5.41, 5.74) is 6.28. The van der Waals surface area contributed by atoms with Crippen LogP contribution in [-0.4, -0.2) is 28.4 Å². The van der Waals surface area contributed by atoms with Crippen molar-refractivity contribution in [3.05, 3.63) is 67.1 Å². The minimum atomic E-state index is -0.554. The van der Waals surface area contributed by atoms with Crippen molar-refractivity contribution in [1.82, 2.24) is 9.66 Å². The van der Waals surface area contributed by atoms with E-state index in [4.69, 9.17) is 10.5 Å². The summed E-state index contributed by atoms with van der Waals surface area (Å²) in [5, 5.41) is 4.92. The van der Waals surface area contributed by atoms with E-state index in [0.29, 0.717) is 33.4 Å². The summed E-state index contributed by atoms with van der Waals surface area (Å²) in [7, 11) is 0. The van der Waals surface area contributed by atoms with E-state index in [1.807, 2.05) is 12.1 Å². The first-order valence-corrected chi connectivity index (χ1v) is 10.9. The number of primary amides is 1. The van der Waals surface area contributed by atoms with Gasteiger partial charge in [-0.05, 0) is 64.3 Å². The van der Waals surface area contributed by atoms with Gasteiger partial charge in [-0.15, -0.1) is 0 Å². The molecule has 0 aliphatic rings. The Kier molecular flexibility index (Phi) is 7.38. The number of carbonyl (C=O) groups is 1. The van der Waals surface area contributed by atoms with Crippen LogP contribution in [0.3, 0.4) is 0 Å². The lowest BCUT2D eigenvalue weighted by Crippen LogP contribution is -2.22. The Morgan fingerprint density at radius 2 is 2.07 bits per heavy atom. The third-order valence-electron chi connectivity index (χ3n) is 4.28. The van der Waals surface area contributed by atoms with Crippen LogP contribution in [0.15, 0.2) is 55.2 Å². The number of nitrogens with zero attached hydrogens (tertiary/aromatic N) is 3. The highest BCUT2D eigenvalue weighted by Crippen LogP contribution is 2.25. The molecule has 3 rings (SSSR count). The van der Waals surface area contributed by atoms with Crippen LogP contribution >= 0.6 is 31.9 Å². The number of fused-ring (bicyclic) bond motifs is 1. The van der Waals surface area contributed by atoms with Crippen molar-refractivity contribution in [3.8, 4) is 5.75 Å². The van der Waals surface area contributed by atoms with Crippen LogP contribution in [-0.2, 0) is 11.2 Å². The zero-order chi connectivity index (χ0) is 21.7. The number of benzene rings is 2. The summed E-state index contributed by atoms with van der Waals surface area (Å²) in [6.45, 7) is 1.88. The van der Waals surface area contributed by atoms with Crippen LogP contribution < -0.4 is 16.0 Å². The van der Waals surface area contributed by atoms with Gasteiger partial charge in [0.15, 0.2) is 6.61 Å². The molecular weight excluding hydrogens is 516 g/mol. The standard InChI is InChI=1S/C21H20Br2N4O3/c1-2-3-4-20-26-17-7-6-14(22)10-15(17)21(29)27(20)25-11-13-5-8-18(16(23)9-13)30-12-19(24)28/h5-11H,2-4,12H2,1H3,(H2,24,28). The van der Waals surface area contributed by atoms with E-state index in [9.17, 15) is 9.59 Å². The Balaban J connectivity index is 1.98. The van der Waals surface area contributed by atoms with Gasteiger partial charge in [-0.25, -0.2) is 4.98 Å². The largest absolute Gasteiger partial charge is 0.483 e. The maximum Gasteiger partial charge on any atom is 0.282 e. The van der Waals surface area contributed by atoms with Gasteiger partial charge in [-0.2, -0.15) is 9.78 Å². The molecule has 9 heteroatoms. The fraction of sp³-hybridized carbons (Fsp3) is 0.238. The van der Waals surface area contributed by atoms with Gasteiger partial charge in [0, 0.05) is 10.9 Å². The van der Waals surface area contributed by atoms with Crippen molar-refractivity contribution < 1.29 is 9.53 Å². The molecule has 156 valence electrons. The van der Waals surface area contributed by atoms with Crippen molar-refractivity contribution in [2.24, 2.45) is 10.8 Å². The van der Waals surface area contributed by atoms with Crippen LogP contribution in [0, 0.1) is 0 Å². The molecule has 1 heterocycles. The van der Waals surface area contributed by atoms with Gasteiger partial charge in [0.05, 0.1) is 21.6 Å². The summed E-state index contributed by atoms with van der Waals surface area (Å²) in [6, 6.07) is 10.7. The molecule has 0 saturated heterocycles. The molecule has 0 saturated carbocycles.